The zero-order valence-corrected chi connectivity index (χ0v) is 14.1. The average Bonchev–Trinajstić information content (AvgIpc) is 3.32. The minimum absolute atomic E-state index is 0.0331. The van der Waals surface area contributed by atoms with E-state index in [9.17, 15) is 4.79 Å². The molecule has 0 N–H and O–H groups in total. The molecule has 1 unspecified atom stereocenters. The van der Waals surface area contributed by atoms with Gasteiger partial charge in [0.2, 0.25) is 0 Å². The summed E-state index contributed by atoms with van der Waals surface area (Å²) in [5.74, 6) is -0.117. The van der Waals surface area contributed by atoms with Crippen LogP contribution in [0, 0.1) is 13.5 Å². The van der Waals surface area contributed by atoms with Gasteiger partial charge < -0.3 is 9.74 Å². The summed E-state index contributed by atoms with van der Waals surface area (Å²) in [6.07, 6.45) is 6.53. The first-order valence-corrected chi connectivity index (χ1v) is 8.05. The van der Waals surface area contributed by atoms with Crippen LogP contribution >= 0.6 is 0 Å². The molecule has 0 radical (unpaired) electrons. The van der Waals surface area contributed by atoms with Crippen LogP contribution in [0.4, 0.5) is 5.69 Å². The number of amides is 1. The number of anilines is 1. The molecule has 2 heterocycles. The van der Waals surface area contributed by atoms with Gasteiger partial charge in [-0.3, -0.25) is 9.48 Å². The lowest BCUT2D eigenvalue weighted by Gasteiger charge is -2.20. The predicted octanol–water partition coefficient (Wildman–Crippen LogP) is 2.66. The Kier molecular flexibility index (Phi) is 4.06. The first kappa shape index (κ1) is 16.1. The summed E-state index contributed by atoms with van der Waals surface area (Å²) in [7, 11) is 0. The zero-order chi connectivity index (χ0) is 17.3. The van der Waals surface area contributed by atoms with E-state index in [0.29, 0.717) is 17.8 Å². The Hall–Kier alpha value is -2.75. The maximum absolute atomic E-state index is 12.9. The molecule has 1 atom stereocenters. The van der Waals surface area contributed by atoms with Gasteiger partial charge in [-0.25, -0.2) is 6.57 Å². The van der Waals surface area contributed by atoms with Crippen molar-refractivity contribution in [1.29, 1.82) is 0 Å². The summed E-state index contributed by atoms with van der Waals surface area (Å²) in [6, 6.07) is 1.73. The predicted molar refractivity (Wildman–Crippen MR) is 89.6 cm³/mol. The van der Waals surface area contributed by atoms with Crippen LogP contribution in [0.2, 0.25) is 0 Å². The molecule has 0 spiro atoms. The number of carbonyl (C=O) groups excluding carboxylic acids is 1. The standard InChI is InChI=1S/C17H20N6O/c1-5-22(14-6-9-19-20-10-14)16(24)15-11-21-23(12(15)2)13(3)17(18-4)7-8-17/h6,9-11,13H,5,7-8H2,1-3H3. The quantitative estimate of drug-likeness (QED) is 0.793. The molecule has 0 aromatic carbocycles. The molecule has 1 fully saturated rings. The number of nitrogens with zero attached hydrogens (tertiary/aromatic N) is 6. The molecule has 1 aliphatic rings. The van der Waals surface area contributed by atoms with Crippen LogP contribution in [0.1, 0.15) is 48.8 Å². The van der Waals surface area contributed by atoms with Crippen molar-refractivity contribution < 1.29 is 4.79 Å². The molecule has 24 heavy (non-hydrogen) atoms. The smallest absolute Gasteiger partial charge is 0.261 e. The Morgan fingerprint density at radius 2 is 2.21 bits per heavy atom. The monoisotopic (exact) mass is 324 g/mol. The molecule has 1 saturated carbocycles. The van der Waals surface area contributed by atoms with Crippen molar-refractivity contribution >= 4 is 11.6 Å². The van der Waals surface area contributed by atoms with Crippen LogP contribution in [0.5, 0.6) is 0 Å². The Labute approximate surface area is 141 Å². The molecule has 2 aromatic rings. The maximum Gasteiger partial charge on any atom is 0.261 e. The van der Waals surface area contributed by atoms with E-state index < -0.39 is 0 Å². The molecule has 1 aliphatic carbocycles. The summed E-state index contributed by atoms with van der Waals surface area (Å²) in [6.45, 7) is 13.7. The summed E-state index contributed by atoms with van der Waals surface area (Å²) in [5.41, 5.74) is 1.71. The van der Waals surface area contributed by atoms with Crippen molar-refractivity contribution in [1.82, 2.24) is 20.0 Å². The second-order valence-corrected chi connectivity index (χ2v) is 6.13. The summed E-state index contributed by atoms with van der Waals surface area (Å²) >= 11 is 0. The fraction of sp³-hybridized carbons (Fsp3) is 0.471. The van der Waals surface area contributed by atoms with Crippen molar-refractivity contribution in [3.8, 4) is 0 Å². The number of hydrogen-bond donors (Lipinski definition) is 0. The lowest BCUT2D eigenvalue weighted by molar-refractivity contribution is 0.0987. The molecule has 0 bridgehead atoms. The zero-order valence-electron chi connectivity index (χ0n) is 14.1. The average molecular weight is 324 g/mol. The third kappa shape index (κ3) is 2.54. The van der Waals surface area contributed by atoms with Gasteiger partial charge in [-0.1, -0.05) is 0 Å². The SMILES string of the molecule is [C-]#[N+]C1(C(C)n2ncc(C(=O)N(CC)c3ccnnc3)c2C)CC1. The second kappa shape index (κ2) is 6.04. The summed E-state index contributed by atoms with van der Waals surface area (Å²) in [4.78, 5) is 18.4. The summed E-state index contributed by atoms with van der Waals surface area (Å²) < 4.78 is 1.82. The van der Waals surface area contributed by atoms with E-state index >= 15 is 0 Å². The van der Waals surface area contributed by atoms with Gasteiger partial charge in [0, 0.05) is 25.1 Å². The van der Waals surface area contributed by atoms with Crippen molar-refractivity contribution in [2.24, 2.45) is 0 Å². The molecular weight excluding hydrogens is 304 g/mol. The van der Waals surface area contributed by atoms with Gasteiger partial charge in [-0.2, -0.15) is 15.3 Å². The number of hydrogen-bond acceptors (Lipinski definition) is 4. The molecule has 7 nitrogen and oxygen atoms in total. The fourth-order valence-electron chi connectivity index (χ4n) is 3.03. The van der Waals surface area contributed by atoms with Gasteiger partial charge in [-0.15, -0.1) is 0 Å². The van der Waals surface area contributed by atoms with Gasteiger partial charge in [0.25, 0.3) is 11.4 Å². The highest BCUT2D eigenvalue weighted by atomic mass is 16.2. The van der Waals surface area contributed by atoms with Gasteiger partial charge in [0.05, 0.1) is 29.8 Å². The summed E-state index contributed by atoms with van der Waals surface area (Å²) in [5, 5.41) is 12.0. The maximum atomic E-state index is 12.9. The molecule has 3 rings (SSSR count). The van der Waals surface area contributed by atoms with Crippen molar-refractivity contribution in [3.63, 3.8) is 0 Å². The highest BCUT2D eigenvalue weighted by Crippen LogP contribution is 2.48. The number of aromatic nitrogens is 4. The van der Waals surface area contributed by atoms with Crippen LogP contribution < -0.4 is 4.90 Å². The van der Waals surface area contributed by atoms with Crippen LogP contribution in [0.3, 0.4) is 0 Å². The van der Waals surface area contributed by atoms with E-state index in [1.807, 2.05) is 25.5 Å². The van der Waals surface area contributed by atoms with Gasteiger partial charge >= 0.3 is 0 Å². The van der Waals surface area contributed by atoms with Gasteiger partial charge in [0.1, 0.15) is 6.04 Å². The second-order valence-electron chi connectivity index (χ2n) is 6.13. The largest absolute Gasteiger partial charge is 0.308 e. The normalized spacial score (nSPS) is 16.2. The molecular formula is C17H20N6O. The lowest BCUT2D eigenvalue weighted by atomic mass is 10.1. The van der Waals surface area contributed by atoms with Crippen LogP contribution in [-0.2, 0) is 0 Å². The first-order chi connectivity index (χ1) is 11.5. The molecule has 2 aromatic heterocycles. The molecule has 0 aliphatic heterocycles. The number of rotatable bonds is 5. The Balaban J connectivity index is 1.90. The first-order valence-electron chi connectivity index (χ1n) is 8.05. The van der Waals surface area contributed by atoms with Crippen LogP contribution in [-0.4, -0.2) is 38.0 Å². The van der Waals surface area contributed by atoms with Crippen molar-refractivity contribution in [2.75, 3.05) is 11.4 Å². The molecule has 7 heteroatoms. The highest BCUT2D eigenvalue weighted by molar-refractivity contribution is 6.06. The topological polar surface area (TPSA) is 68.3 Å². The number of carbonyl (C=O) groups is 1. The Morgan fingerprint density at radius 1 is 1.46 bits per heavy atom. The van der Waals surface area contributed by atoms with Gasteiger partial charge in [-0.05, 0) is 26.8 Å². The highest BCUT2D eigenvalue weighted by Gasteiger charge is 2.57. The third-order valence-electron chi connectivity index (χ3n) is 4.85. The van der Waals surface area contributed by atoms with Crippen LogP contribution in [0.25, 0.3) is 4.85 Å². The Bertz CT molecular complexity index is 787. The molecule has 0 saturated heterocycles. The van der Waals surface area contributed by atoms with E-state index in [1.165, 1.54) is 0 Å². The Morgan fingerprint density at radius 3 is 2.75 bits per heavy atom. The molecule has 1 amide bonds. The van der Waals surface area contributed by atoms with E-state index in [4.69, 9.17) is 6.57 Å². The van der Waals surface area contributed by atoms with Crippen molar-refractivity contribution in [3.05, 3.63) is 47.3 Å². The van der Waals surface area contributed by atoms with E-state index in [2.05, 4.69) is 20.1 Å². The lowest BCUT2D eigenvalue weighted by Crippen LogP contribution is -2.31. The van der Waals surface area contributed by atoms with E-state index in [0.717, 1.165) is 18.5 Å². The van der Waals surface area contributed by atoms with Crippen LogP contribution in [0.15, 0.2) is 24.7 Å². The third-order valence-corrected chi connectivity index (χ3v) is 4.85. The fourth-order valence-corrected chi connectivity index (χ4v) is 3.03. The van der Waals surface area contributed by atoms with E-state index in [-0.39, 0.29) is 17.5 Å². The van der Waals surface area contributed by atoms with Crippen molar-refractivity contribution in [2.45, 2.75) is 45.2 Å². The minimum atomic E-state index is -0.351. The minimum Gasteiger partial charge on any atom is -0.308 e. The molecule has 124 valence electrons. The van der Waals surface area contributed by atoms with E-state index in [1.54, 1.807) is 29.6 Å². The van der Waals surface area contributed by atoms with Gasteiger partial charge in [0.15, 0.2) is 0 Å².